The Labute approximate surface area is 119 Å². The quantitative estimate of drug-likeness (QED) is 0.481. The van der Waals surface area contributed by atoms with E-state index in [1.807, 2.05) is 18.2 Å². The number of esters is 1. The third kappa shape index (κ3) is 3.45. The van der Waals surface area contributed by atoms with Gasteiger partial charge >= 0.3 is 5.97 Å². The highest BCUT2D eigenvalue weighted by Crippen LogP contribution is 2.41. The maximum Gasteiger partial charge on any atom is 0.384 e. The van der Waals surface area contributed by atoms with Gasteiger partial charge in [-0.05, 0) is 36.3 Å². The van der Waals surface area contributed by atoms with Crippen molar-refractivity contribution >= 4 is 5.97 Å². The summed E-state index contributed by atoms with van der Waals surface area (Å²) in [5.74, 6) is 6.52. The Kier molecular flexibility index (Phi) is 4.89. The first-order chi connectivity index (χ1) is 9.74. The summed E-state index contributed by atoms with van der Waals surface area (Å²) >= 11 is 0. The summed E-state index contributed by atoms with van der Waals surface area (Å²) in [6, 6.07) is 5.86. The van der Waals surface area contributed by atoms with Gasteiger partial charge in [0.05, 0.1) is 14.2 Å². The molecule has 0 atom stereocenters. The third-order valence-corrected chi connectivity index (χ3v) is 3.44. The lowest BCUT2D eigenvalue weighted by atomic mass is 9.79. The van der Waals surface area contributed by atoms with Crippen molar-refractivity contribution in [3.05, 3.63) is 23.8 Å². The molecular formula is C16H18O4. The molecule has 4 nitrogen and oxygen atoms in total. The molecule has 4 heteroatoms. The van der Waals surface area contributed by atoms with Crippen LogP contribution >= 0.6 is 0 Å². The minimum Gasteiger partial charge on any atom is -0.497 e. The van der Waals surface area contributed by atoms with Crippen LogP contribution in [0.3, 0.4) is 0 Å². The average molecular weight is 274 g/mol. The number of carbonyl (C=O) groups is 1. The highest BCUT2D eigenvalue weighted by molar-refractivity contribution is 5.88. The van der Waals surface area contributed by atoms with E-state index in [4.69, 9.17) is 9.47 Å². The Morgan fingerprint density at radius 1 is 1.35 bits per heavy atom. The molecule has 1 aliphatic rings. The first-order valence-corrected chi connectivity index (χ1v) is 6.62. The van der Waals surface area contributed by atoms with Crippen LogP contribution in [-0.2, 0) is 9.53 Å². The van der Waals surface area contributed by atoms with Gasteiger partial charge in [-0.1, -0.05) is 12.5 Å². The molecule has 0 heterocycles. The zero-order valence-corrected chi connectivity index (χ0v) is 11.8. The molecule has 1 saturated carbocycles. The molecule has 1 fully saturated rings. The highest BCUT2D eigenvalue weighted by atomic mass is 16.5. The van der Waals surface area contributed by atoms with E-state index < -0.39 is 5.97 Å². The zero-order chi connectivity index (χ0) is 14.4. The fourth-order valence-corrected chi connectivity index (χ4v) is 2.10. The molecule has 1 aromatic rings. The van der Waals surface area contributed by atoms with Crippen molar-refractivity contribution in [1.29, 1.82) is 0 Å². The van der Waals surface area contributed by atoms with Gasteiger partial charge in [0.1, 0.15) is 18.1 Å². The SMILES string of the molecule is COC(=O)C#CCOc1cc(OC)ccc1C1CCC1. The second kappa shape index (κ2) is 6.85. The molecule has 0 spiro atoms. The van der Waals surface area contributed by atoms with Crippen LogP contribution in [-0.4, -0.2) is 26.8 Å². The van der Waals surface area contributed by atoms with Gasteiger partial charge in [0.15, 0.2) is 0 Å². The zero-order valence-electron chi connectivity index (χ0n) is 11.8. The van der Waals surface area contributed by atoms with Gasteiger partial charge in [0.25, 0.3) is 0 Å². The number of methoxy groups -OCH3 is 2. The summed E-state index contributed by atoms with van der Waals surface area (Å²) < 4.78 is 15.3. The van der Waals surface area contributed by atoms with E-state index in [1.54, 1.807) is 7.11 Å². The van der Waals surface area contributed by atoms with Gasteiger partial charge in [0.2, 0.25) is 0 Å². The van der Waals surface area contributed by atoms with E-state index >= 15 is 0 Å². The molecule has 106 valence electrons. The van der Waals surface area contributed by atoms with Crippen LogP contribution in [0.5, 0.6) is 11.5 Å². The molecule has 0 unspecified atom stereocenters. The molecule has 0 aliphatic heterocycles. The van der Waals surface area contributed by atoms with Crippen molar-refractivity contribution in [3.63, 3.8) is 0 Å². The lowest BCUT2D eigenvalue weighted by molar-refractivity contribution is -0.133. The molecule has 0 bridgehead atoms. The Bertz CT molecular complexity index is 535. The monoisotopic (exact) mass is 274 g/mol. The van der Waals surface area contributed by atoms with Crippen molar-refractivity contribution in [3.8, 4) is 23.3 Å². The molecule has 1 aromatic carbocycles. The molecule has 0 radical (unpaired) electrons. The maximum atomic E-state index is 10.9. The van der Waals surface area contributed by atoms with Gasteiger partial charge in [0, 0.05) is 12.0 Å². The van der Waals surface area contributed by atoms with Crippen LogP contribution in [0.1, 0.15) is 30.7 Å². The summed E-state index contributed by atoms with van der Waals surface area (Å²) in [5.41, 5.74) is 1.19. The molecule has 0 amide bonds. The Morgan fingerprint density at radius 2 is 2.15 bits per heavy atom. The second-order valence-electron chi connectivity index (χ2n) is 4.61. The number of benzene rings is 1. The van der Waals surface area contributed by atoms with E-state index in [1.165, 1.54) is 31.9 Å². The van der Waals surface area contributed by atoms with E-state index in [2.05, 4.69) is 16.6 Å². The standard InChI is InChI=1S/C16H18O4/c1-18-13-8-9-14(12-5-3-6-12)15(11-13)20-10-4-7-16(17)19-2/h8-9,11-12H,3,5-6,10H2,1-2H3. The minimum atomic E-state index is -0.557. The van der Waals surface area contributed by atoms with Crippen molar-refractivity contribution in [2.75, 3.05) is 20.8 Å². The van der Waals surface area contributed by atoms with Gasteiger partial charge in [-0.25, -0.2) is 4.79 Å². The second-order valence-corrected chi connectivity index (χ2v) is 4.61. The number of hydrogen-bond acceptors (Lipinski definition) is 4. The van der Waals surface area contributed by atoms with Crippen molar-refractivity contribution in [1.82, 2.24) is 0 Å². The fraction of sp³-hybridized carbons (Fsp3) is 0.438. The molecule has 1 aliphatic carbocycles. The van der Waals surface area contributed by atoms with Gasteiger partial charge in [-0.3, -0.25) is 0 Å². The van der Waals surface area contributed by atoms with Gasteiger partial charge in [-0.15, -0.1) is 0 Å². The van der Waals surface area contributed by atoms with Crippen molar-refractivity contribution in [2.24, 2.45) is 0 Å². The van der Waals surface area contributed by atoms with Crippen LogP contribution in [0.2, 0.25) is 0 Å². The number of hydrogen-bond donors (Lipinski definition) is 0. The minimum absolute atomic E-state index is 0.155. The Morgan fingerprint density at radius 3 is 2.75 bits per heavy atom. The molecule has 0 aromatic heterocycles. The number of ether oxygens (including phenoxy) is 3. The lowest BCUT2D eigenvalue weighted by Gasteiger charge is -2.27. The molecular weight excluding hydrogens is 256 g/mol. The van der Waals surface area contributed by atoms with E-state index in [0.29, 0.717) is 5.92 Å². The van der Waals surface area contributed by atoms with Crippen molar-refractivity contribution in [2.45, 2.75) is 25.2 Å². The van der Waals surface area contributed by atoms with E-state index in [0.717, 1.165) is 11.5 Å². The largest absolute Gasteiger partial charge is 0.497 e. The van der Waals surface area contributed by atoms with Crippen LogP contribution in [0.25, 0.3) is 0 Å². The molecule has 0 N–H and O–H groups in total. The normalized spacial score (nSPS) is 13.7. The van der Waals surface area contributed by atoms with Crippen LogP contribution in [0.4, 0.5) is 0 Å². The third-order valence-electron chi connectivity index (χ3n) is 3.44. The Balaban J connectivity index is 2.07. The number of rotatable bonds is 4. The topological polar surface area (TPSA) is 44.8 Å². The lowest BCUT2D eigenvalue weighted by Crippen LogP contribution is -2.11. The smallest absolute Gasteiger partial charge is 0.384 e. The van der Waals surface area contributed by atoms with Crippen LogP contribution < -0.4 is 9.47 Å². The number of carbonyl (C=O) groups excluding carboxylic acids is 1. The summed E-state index contributed by atoms with van der Waals surface area (Å²) in [7, 11) is 2.92. The predicted molar refractivity (Wildman–Crippen MR) is 74.9 cm³/mol. The van der Waals surface area contributed by atoms with Crippen LogP contribution in [0.15, 0.2) is 18.2 Å². The van der Waals surface area contributed by atoms with E-state index in [9.17, 15) is 4.79 Å². The van der Waals surface area contributed by atoms with Gasteiger partial charge in [-0.2, -0.15) is 0 Å². The fourth-order valence-electron chi connectivity index (χ4n) is 2.10. The van der Waals surface area contributed by atoms with Gasteiger partial charge < -0.3 is 14.2 Å². The summed E-state index contributed by atoms with van der Waals surface area (Å²) in [6.45, 7) is 0.155. The average Bonchev–Trinajstić information content (AvgIpc) is 2.42. The summed E-state index contributed by atoms with van der Waals surface area (Å²) in [6.07, 6.45) is 3.64. The molecule has 20 heavy (non-hydrogen) atoms. The Hall–Kier alpha value is -2.15. The maximum absolute atomic E-state index is 10.9. The first kappa shape index (κ1) is 14.3. The first-order valence-electron chi connectivity index (χ1n) is 6.62. The van der Waals surface area contributed by atoms with Crippen LogP contribution in [0, 0.1) is 11.8 Å². The van der Waals surface area contributed by atoms with E-state index in [-0.39, 0.29) is 6.61 Å². The molecule has 2 rings (SSSR count). The predicted octanol–water partition coefficient (Wildman–Crippen LogP) is 2.52. The summed E-state index contributed by atoms with van der Waals surface area (Å²) in [5, 5.41) is 0. The molecule has 0 saturated heterocycles. The van der Waals surface area contributed by atoms with Crippen molar-refractivity contribution < 1.29 is 19.0 Å². The highest BCUT2D eigenvalue weighted by Gasteiger charge is 2.23. The summed E-state index contributed by atoms with van der Waals surface area (Å²) in [4.78, 5) is 10.9.